The van der Waals surface area contributed by atoms with Crippen molar-refractivity contribution in [2.75, 3.05) is 7.11 Å². The Kier molecular flexibility index (Phi) is 3.51. The summed E-state index contributed by atoms with van der Waals surface area (Å²) in [6.07, 6.45) is 0. The van der Waals surface area contributed by atoms with Crippen LogP contribution in [0.15, 0.2) is 12.1 Å². The fourth-order valence-electron chi connectivity index (χ4n) is 0.944. The van der Waals surface area contributed by atoms with E-state index in [4.69, 9.17) is 14.8 Å². The molecule has 13 heavy (non-hydrogen) atoms. The van der Waals surface area contributed by atoms with Gasteiger partial charge in [-0.1, -0.05) is 0 Å². The van der Waals surface area contributed by atoms with E-state index in [1.807, 2.05) is 22.6 Å². The van der Waals surface area contributed by atoms with Crippen LogP contribution < -0.4 is 10.2 Å². The van der Waals surface area contributed by atoms with Gasteiger partial charge >= 0.3 is 7.12 Å². The third-order valence-corrected chi connectivity index (χ3v) is 2.51. The third-order valence-electron chi connectivity index (χ3n) is 1.57. The molecule has 0 bridgehead atoms. The Hall–Kier alpha value is -0.335. The van der Waals surface area contributed by atoms with Crippen LogP contribution in [-0.2, 0) is 0 Å². The van der Waals surface area contributed by atoms with Crippen LogP contribution in [0.4, 0.5) is 4.39 Å². The molecule has 1 aromatic carbocycles. The van der Waals surface area contributed by atoms with Crippen LogP contribution in [0.3, 0.4) is 0 Å². The molecule has 0 spiro atoms. The Morgan fingerprint density at radius 2 is 2.08 bits per heavy atom. The van der Waals surface area contributed by atoms with Crippen LogP contribution in [0, 0.1) is 9.39 Å². The minimum atomic E-state index is -1.82. The number of benzene rings is 1. The van der Waals surface area contributed by atoms with Crippen molar-refractivity contribution < 1.29 is 19.2 Å². The van der Waals surface area contributed by atoms with Crippen LogP contribution in [-0.4, -0.2) is 24.3 Å². The Morgan fingerprint density at radius 1 is 1.46 bits per heavy atom. The van der Waals surface area contributed by atoms with Gasteiger partial charge in [-0.15, -0.1) is 0 Å². The van der Waals surface area contributed by atoms with Crippen molar-refractivity contribution in [2.45, 2.75) is 0 Å². The second-order valence-electron chi connectivity index (χ2n) is 2.35. The van der Waals surface area contributed by atoms with Crippen molar-refractivity contribution in [3.63, 3.8) is 0 Å². The molecule has 70 valence electrons. The molecule has 1 aromatic rings. The van der Waals surface area contributed by atoms with E-state index < -0.39 is 12.9 Å². The van der Waals surface area contributed by atoms with Gasteiger partial charge in [0.25, 0.3) is 0 Å². The highest BCUT2D eigenvalue weighted by molar-refractivity contribution is 14.1. The SMILES string of the molecule is COc1ccc(I)c(B(O)O)c1F. The minimum Gasteiger partial charge on any atom is -0.494 e. The summed E-state index contributed by atoms with van der Waals surface area (Å²) < 4.78 is 18.5. The summed E-state index contributed by atoms with van der Waals surface area (Å²) in [7, 11) is -0.499. The van der Waals surface area contributed by atoms with E-state index in [0.29, 0.717) is 3.57 Å². The van der Waals surface area contributed by atoms with Gasteiger partial charge in [-0.3, -0.25) is 0 Å². The first-order chi connectivity index (χ1) is 6.07. The number of rotatable bonds is 2. The van der Waals surface area contributed by atoms with Crippen LogP contribution in [0.1, 0.15) is 0 Å². The van der Waals surface area contributed by atoms with Crippen LogP contribution >= 0.6 is 22.6 Å². The molecule has 0 saturated carbocycles. The summed E-state index contributed by atoms with van der Waals surface area (Å²) in [6, 6.07) is 2.99. The lowest BCUT2D eigenvalue weighted by Gasteiger charge is -2.08. The summed E-state index contributed by atoms with van der Waals surface area (Å²) in [5.74, 6) is -0.729. The summed E-state index contributed by atoms with van der Waals surface area (Å²) in [4.78, 5) is 0. The molecule has 0 atom stereocenters. The maximum Gasteiger partial charge on any atom is 0.492 e. The predicted molar refractivity (Wildman–Crippen MR) is 55.5 cm³/mol. The lowest BCUT2D eigenvalue weighted by Crippen LogP contribution is -2.35. The van der Waals surface area contributed by atoms with E-state index in [9.17, 15) is 4.39 Å². The van der Waals surface area contributed by atoms with E-state index in [0.717, 1.165) is 0 Å². The van der Waals surface area contributed by atoms with E-state index in [1.54, 1.807) is 6.07 Å². The second kappa shape index (κ2) is 4.25. The number of hydrogen-bond acceptors (Lipinski definition) is 3. The fraction of sp³-hybridized carbons (Fsp3) is 0.143. The van der Waals surface area contributed by atoms with Crippen molar-refractivity contribution in [3.05, 3.63) is 21.5 Å². The standard InChI is InChI=1S/C7H7BFIO3/c1-13-5-3-2-4(10)6(7(5)9)8(11)12/h2-3,11-12H,1H3. The topological polar surface area (TPSA) is 49.7 Å². The summed E-state index contributed by atoms with van der Waals surface area (Å²) in [6.45, 7) is 0. The van der Waals surface area contributed by atoms with E-state index >= 15 is 0 Å². The van der Waals surface area contributed by atoms with E-state index in [-0.39, 0.29) is 11.2 Å². The van der Waals surface area contributed by atoms with Gasteiger partial charge in [0, 0.05) is 9.03 Å². The van der Waals surface area contributed by atoms with Gasteiger partial charge in [0.15, 0.2) is 11.6 Å². The lowest BCUT2D eigenvalue weighted by atomic mass is 9.80. The van der Waals surface area contributed by atoms with Crippen molar-refractivity contribution >= 4 is 35.2 Å². The zero-order chi connectivity index (χ0) is 10.0. The van der Waals surface area contributed by atoms with Gasteiger partial charge in [0.05, 0.1) is 7.11 Å². The zero-order valence-electron chi connectivity index (χ0n) is 6.79. The van der Waals surface area contributed by atoms with Crippen molar-refractivity contribution in [2.24, 2.45) is 0 Å². The highest BCUT2D eigenvalue weighted by Gasteiger charge is 2.22. The van der Waals surface area contributed by atoms with Gasteiger partial charge in [-0.2, -0.15) is 0 Å². The molecule has 6 heteroatoms. The molecule has 2 N–H and O–H groups in total. The summed E-state index contributed by atoms with van der Waals surface area (Å²) in [5, 5.41) is 17.7. The summed E-state index contributed by atoms with van der Waals surface area (Å²) in [5.41, 5.74) is -0.153. The smallest absolute Gasteiger partial charge is 0.492 e. The van der Waals surface area contributed by atoms with Crippen molar-refractivity contribution in [1.82, 2.24) is 0 Å². The molecule has 0 aliphatic rings. The Morgan fingerprint density at radius 3 is 2.54 bits per heavy atom. The Labute approximate surface area is 88.8 Å². The average Bonchev–Trinajstić information content (AvgIpc) is 2.04. The monoisotopic (exact) mass is 296 g/mol. The van der Waals surface area contributed by atoms with E-state index in [2.05, 4.69) is 0 Å². The molecule has 1 rings (SSSR count). The molecule has 0 radical (unpaired) electrons. The molecule has 0 saturated heterocycles. The summed E-state index contributed by atoms with van der Waals surface area (Å²) >= 11 is 1.82. The molecular weight excluding hydrogens is 289 g/mol. The molecule has 0 heterocycles. The quantitative estimate of drug-likeness (QED) is 0.602. The van der Waals surface area contributed by atoms with Crippen LogP contribution in [0.25, 0.3) is 0 Å². The van der Waals surface area contributed by atoms with Gasteiger partial charge in [0.1, 0.15) is 0 Å². The highest BCUT2D eigenvalue weighted by Crippen LogP contribution is 2.17. The zero-order valence-corrected chi connectivity index (χ0v) is 8.95. The van der Waals surface area contributed by atoms with E-state index in [1.165, 1.54) is 13.2 Å². The predicted octanol–water partition coefficient (Wildman–Crippen LogP) is 0.119. The first kappa shape index (κ1) is 10.7. The fourth-order valence-corrected chi connectivity index (χ4v) is 1.64. The first-order valence-electron chi connectivity index (χ1n) is 3.46. The third kappa shape index (κ3) is 2.12. The Bertz CT molecular complexity index is 319. The second-order valence-corrected chi connectivity index (χ2v) is 3.51. The maximum absolute atomic E-state index is 13.3. The molecule has 0 aromatic heterocycles. The molecule has 0 aliphatic carbocycles. The van der Waals surface area contributed by atoms with Gasteiger partial charge in [0.2, 0.25) is 0 Å². The number of methoxy groups -OCH3 is 1. The number of halogens is 2. The van der Waals surface area contributed by atoms with Crippen LogP contribution in [0.2, 0.25) is 0 Å². The maximum atomic E-state index is 13.3. The molecule has 0 amide bonds. The average molecular weight is 296 g/mol. The highest BCUT2D eigenvalue weighted by atomic mass is 127. The molecule has 0 aliphatic heterocycles. The molecule has 0 unspecified atom stereocenters. The number of hydrogen-bond donors (Lipinski definition) is 2. The molecule has 0 fully saturated rings. The van der Waals surface area contributed by atoms with Crippen LogP contribution in [0.5, 0.6) is 5.75 Å². The number of ether oxygens (including phenoxy) is 1. The largest absolute Gasteiger partial charge is 0.494 e. The van der Waals surface area contributed by atoms with Crippen molar-refractivity contribution in [1.29, 1.82) is 0 Å². The minimum absolute atomic E-state index is 0.00326. The normalized spacial score (nSPS) is 9.92. The Balaban J connectivity index is 3.30. The first-order valence-corrected chi connectivity index (χ1v) is 4.53. The van der Waals surface area contributed by atoms with Gasteiger partial charge in [-0.25, -0.2) is 4.39 Å². The van der Waals surface area contributed by atoms with Gasteiger partial charge < -0.3 is 14.8 Å². The molecular formula is C7H7BFIO3. The molecule has 3 nitrogen and oxygen atoms in total. The van der Waals surface area contributed by atoms with Crippen molar-refractivity contribution in [3.8, 4) is 5.75 Å². The van der Waals surface area contributed by atoms with Gasteiger partial charge in [-0.05, 0) is 34.7 Å². The lowest BCUT2D eigenvalue weighted by molar-refractivity contribution is 0.383.